The van der Waals surface area contributed by atoms with Gasteiger partial charge in [-0.1, -0.05) is 24.3 Å². The van der Waals surface area contributed by atoms with E-state index in [0.717, 1.165) is 85.8 Å². The number of anilines is 1. The van der Waals surface area contributed by atoms with E-state index in [9.17, 15) is 9.18 Å². The number of methoxy groups -OCH3 is 3. The molecular formula is C41H48FN5O5. The number of nitrogens with one attached hydrogen (secondary N) is 1. The number of amides is 1. The Morgan fingerprint density at radius 3 is 2.37 bits per heavy atom. The number of imidazole rings is 1. The van der Waals surface area contributed by atoms with Crippen molar-refractivity contribution in [2.75, 3.05) is 59.4 Å². The molecule has 0 saturated carbocycles. The molecule has 3 aromatic carbocycles. The van der Waals surface area contributed by atoms with Crippen molar-refractivity contribution in [1.82, 2.24) is 19.4 Å². The van der Waals surface area contributed by atoms with Gasteiger partial charge in [0, 0.05) is 43.2 Å². The molecular weight excluding hydrogens is 661 g/mol. The number of aryl methyl sites for hydroxylation is 1. The number of nitrogens with zero attached hydrogens (tertiary/aromatic N) is 4. The maximum atomic E-state index is 14.2. The highest BCUT2D eigenvalue weighted by Gasteiger charge is 2.39. The maximum absolute atomic E-state index is 14.2. The number of likely N-dealkylation sites (tertiary alicyclic amines) is 2. The van der Waals surface area contributed by atoms with E-state index in [2.05, 4.69) is 26.9 Å². The number of hydrogen-bond acceptors (Lipinski definition) is 8. The van der Waals surface area contributed by atoms with Crippen LogP contribution in [0.25, 0.3) is 11.0 Å². The molecule has 7 rings (SSSR count). The zero-order valence-electron chi connectivity index (χ0n) is 30.5. The van der Waals surface area contributed by atoms with Gasteiger partial charge in [0.05, 0.1) is 38.9 Å². The van der Waals surface area contributed by atoms with Gasteiger partial charge in [-0.3, -0.25) is 4.79 Å². The molecule has 1 amide bonds. The Morgan fingerprint density at radius 2 is 1.69 bits per heavy atom. The van der Waals surface area contributed by atoms with Crippen LogP contribution in [0.4, 0.5) is 10.3 Å². The summed E-state index contributed by atoms with van der Waals surface area (Å²) in [6.45, 7) is 6.53. The average molecular weight is 710 g/mol. The summed E-state index contributed by atoms with van der Waals surface area (Å²) in [6, 6.07) is 22.8. The number of fused-ring (bicyclic) bond motifs is 1. The number of carbonyl (C=O) groups excluding carboxylic acids is 1. The smallest absolute Gasteiger partial charge is 0.254 e. The van der Waals surface area contributed by atoms with Gasteiger partial charge >= 0.3 is 0 Å². The fraction of sp³-hybridized carbons (Fsp3) is 0.415. The van der Waals surface area contributed by atoms with Crippen LogP contribution >= 0.6 is 0 Å². The van der Waals surface area contributed by atoms with Crippen LogP contribution in [-0.4, -0.2) is 85.4 Å². The number of piperidine rings is 2. The number of rotatable bonds is 12. The lowest BCUT2D eigenvalue weighted by molar-refractivity contribution is 0.0606. The summed E-state index contributed by atoms with van der Waals surface area (Å²) in [6.07, 6.45) is 4.59. The SMILES string of the molecule is COc1cc(C(=O)N2CCCC(CCN3CCC(Nc4nc5ccccc5n4Cc4ccc(C)o4)CC3)(c3ccc(F)cc3)C2)cc(OC)c1OC. The van der Waals surface area contributed by atoms with Crippen molar-refractivity contribution >= 4 is 22.9 Å². The first kappa shape index (κ1) is 35.4. The van der Waals surface area contributed by atoms with Crippen LogP contribution in [-0.2, 0) is 12.0 Å². The van der Waals surface area contributed by atoms with E-state index in [1.807, 2.05) is 48.2 Å². The van der Waals surface area contributed by atoms with Gasteiger partial charge in [0.15, 0.2) is 11.5 Å². The lowest BCUT2D eigenvalue weighted by Gasteiger charge is -2.45. The average Bonchev–Trinajstić information content (AvgIpc) is 3.75. The number of hydrogen-bond donors (Lipinski definition) is 1. The van der Waals surface area contributed by atoms with Crippen molar-refractivity contribution < 1.29 is 27.8 Å². The Morgan fingerprint density at radius 1 is 0.962 bits per heavy atom. The van der Waals surface area contributed by atoms with Crippen LogP contribution in [0.1, 0.15) is 59.5 Å². The van der Waals surface area contributed by atoms with Crippen LogP contribution in [0.5, 0.6) is 17.2 Å². The molecule has 2 aliphatic rings. The highest BCUT2D eigenvalue weighted by molar-refractivity contribution is 5.96. The van der Waals surface area contributed by atoms with E-state index < -0.39 is 0 Å². The molecule has 1 unspecified atom stereocenters. The predicted molar refractivity (Wildman–Crippen MR) is 199 cm³/mol. The van der Waals surface area contributed by atoms with Gasteiger partial charge in [0.1, 0.15) is 17.3 Å². The van der Waals surface area contributed by atoms with Gasteiger partial charge in [-0.25, -0.2) is 9.37 Å². The maximum Gasteiger partial charge on any atom is 0.254 e. The molecule has 2 aliphatic heterocycles. The van der Waals surface area contributed by atoms with E-state index in [-0.39, 0.29) is 23.2 Å². The lowest BCUT2D eigenvalue weighted by Crippen LogP contribution is -2.50. The van der Waals surface area contributed by atoms with E-state index in [1.165, 1.54) is 12.1 Å². The third kappa shape index (κ3) is 7.32. The van der Waals surface area contributed by atoms with E-state index in [0.29, 0.717) is 42.4 Å². The molecule has 10 nitrogen and oxygen atoms in total. The van der Waals surface area contributed by atoms with Crippen LogP contribution in [0.3, 0.4) is 0 Å². The summed E-state index contributed by atoms with van der Waals surface area (Å²) in [5.74, 6) is 3.64. The third-order valence-electron chi connectivity index (χ3n) is 10.8. The number of para-hydroxylation sites is 2. The molecule has 1 atom stereocenters. The monoisotopic (exact) mass is 709 g/mol. The van der Waals surface area contributed by atoms with Gasteiger partial charge in [0.25, 0.3) is 5.91 Å². The van der Waals surface area contributed by atoms with Crippen molar-refractivity contribution in [2.45, 2.75) is 57.0 Å². The minimum atomic E-state index is -0.313. The molecule has 1 N–H and O–H groups in total. The fourth-order valence-electron chi connectivity index (χ4n) is 8.01. The molecule has 2 saturated heterocycles. The Kier molecular flexibility index (Phi) is 10.4. The van der Waals surface area contributed by atoms with E-state index in [1.54, 1.807) is 33.5 Å². The van der Waals surface area contributed by atoms with Crippen LogP contribution in [0, 0.1) is 12.7 Å². The number of halogens is 1. The second kappa shape index (κ2) is 15.3. The topological polar surface area (TPSA) is 94.2 Å². The molecule has 0 spiro atoms. The molecule has 2 fully saturated rings. The summed E-state index contributed by atoms with van der Waals surface area (Å²) in [4.78, 5) is 23.5. The number of furan rings is 1. The number of ether oxygens (including phenoxy) is 3. The number of benzene rings is 3. The summed E-state index contributed by atoms with van der Waals surface area (Å²) < 4.78 is 38.8. The molecule has 274 valence electrons. The number of aromatic nitrogens is 2. The Bertz CT molecular complexity index is 1980. The van der Waals surface area contributed by atoms with Crippen LogP contribution in [0.15, 0.2) is 77.2 Å². The minimum Gasteiger partial charge on any atom is -0.493 e. The first-order valence-electron chi connectivity index (χ1n) is 18.1. The van der Waals surface area contributed by atoms with Gasteiger partial charge in [-0.2, -0.15) is 0 Å². The normalized spacial score (nSPS) is 18.4. The Balaban J connectivity index is 1.04. The summed E-state index contributed by atoms with van der Waals surface area (Å²) >= 11 is 0. The first-order chi connectivity index (χ1) is 25.3. The van der Waals surface area contributed by atoms with Crippen molar-refractivity contribution in [3.05, 3.63) is 101 Å². The second-order valence-electron chi connectivity index (χ2n) is 14.1. The zero-order chi connectivity index (χ0) is 36.2. The molecule has 0 bridgehead atoms. The van der Waals surface area contributed by atoms with Crippen molar-refractivity contribution in [1.29, 1.82) is 0 Å². The van der Waals surface area contributed by atoms with E-state index >= 15 is 0 Å². The summed E-state index contributed by atoms with van der Waals surface area (Å²) in [7, 11) is 4.64. The molecule has 0 aliphatic carbocycles. The van der Waals surface area contributed by atoms with Gasteiger partial charge in [-0.05, 0) is 99.7 Å². The summed E-state index contributed by atoms with van der Waals surface area (Å²) in [5, 5.41) is 3.77. The highest BCUT2D eigenvalue weighted by atomic mass is 19.1. The van der Waals surface area contributed by atoms with E-state index in [4.69, 9.17) is 23.6 Å². The number of carbonyl (C=O) groups is 1. The molecule has 2 aromatic heterocycles. The Hall–Kier alpha value is -5.03. The summed E-state index contributed by atoms with van der Waals surface area (Å²) in [5.41, 5.74) is 3.27. The molecule has 11 heteroatoms. The molecule has 52 heavy (non-hydrogen) atoms. The Labute approximate surface area is 304 Å². The largest absolute Gasteiger partial charge is 0.493 e. The standard InChI is InChI=1S/C41H48FN5O5/c1-28-10-15-33(52-28)26-47-35-9-6-5-8-34(35)44-40(47)43-32-16-21-45(22-17-32)23-19-41(30-11-13-31(42)14-12-30)18-7-20-46(27-41)39(48)29-24-36(49-2)38(51-4)37(25-29)50-3/h5-6,8-15,24-25,32H,7,16-23,26-27H2,1-4H3,(H,43,44). The van der Waals surface area contributed by atoms with Crippen LogP contribution < -0.4 is 19.5 Å². The molecule has 5 aromatic rings. The predicted octanol–water partition coefficient (Wildman–Crippen LogP) is 7.29. The first-order valence-corrected chi connectivity index (χ1v) is 18.1. The van der Waals surface area contributed by atoms with Gasteiger partial charge in [-0.15, -0.1) is 0 Å². The van der Waals surface area contributed by atoms with Crippen molar-refractivity contribution in [3.8, 4) is 17.2 Å². The second-order valence-corrected chi connectivity index (χ2v) is 14.1. The fourth-order valence-corrected chi connectivity index (χ4v) is 8.01. The van der Waals surface area contributed by atoms with Crippen molar-refractivity contribution in [3.63, 3.8) is 0 Å². The van der Waals surface area contributed by atoms with Gasteiger partial charge < -0.3 is 38.3 Å². The quantitative estimate of drug-likeness (QED) is 0.144. The minimum absolute atomic E-state index is 0.0921. The lowest BCUT2D eigenvalue weighted by atomic mass is 9.71. The van der Waals surface area contributed by atoms with Gasteiger partial charge in [0.2, 0.25) is 11.7 Å². The van der Waals surface area contributed by atoms with Crippen LogP contribution in [0.2, 0.25) is 0 Å². The molecule has 4 heterocycles. The highest BCUT2D eigenvalue weighted by Crippen LogP contribution is 2.41. The zero-order valence-corrected chi connectivity index (χ0v) is 30.5. The molecule has 0 radical (unpaired) electrons. The third-order valence-corrected chi connectivity index (χ3v) is 10.8. The van der Waals surface area contributed by atoms with Crippen molar-refractivity contribution in [2.24, 2.45) is 0 Å².